The molecule has 0 spiro atoms. The molecule has 1 atom stereocenters. The van der Waals surface area contributed by atoms with Crippen LogP contribution in [0.3, 0.4) is 0 Å². The molecular formula is C14H18N2. The van der Waals surface area contributed by atoms with Gasteiger partial charge in [-0.3, -0.25) is 4.99 Å². The normalized spacial score (nSPS) is 24.1. The van der Waals surface area contributed by atoms with E-state index < -0.39 is 0 Å². The smallest absolute Gasteiger partial charge is 0.0992 e. The molecule has 16 heavy (non-hydrogen) atoms. The van der Waals surface area contributed by atoms with Crippen molar-refractivity contribution in [3.05, 3.63) is 35.9 Å². The number of amidine groups is 1. The molecule has 2 aliphatic rings. The van der Waals surface area contributed by atoms with Gasteiger partial charge in [0.1, 0.15) is 0 Å². The standard InChI is InChI=1S/C14H18N2/c1-2-5-12(6-3-1)11-13-7-8-14-15-9-4-10-16(13)14/h1-3,5-6,13H,4,7-11H2. The lowest BCUT2D eigenvalue weighted by atomic mass is 10.0. The van der Waals surface area contributed by atoms with E-state index >= 15 is 0 Å². The molecular weight excluding hydrogens is 196 g/mol. The van der Waals surface area contributed by atoms with E-state index in [2.05, 4.69) is 40.2 Å². The molecule has 0 amide bonds. The number of hydrogen-bond donors (Lipinski definition) is 0. The molecule has 1 unspecified atom stereocenters. The highest BCUT2D eigenvalue weighted by Crippen LogP contribution is 2.25. The van der Waals surface area contributed by atoms with Gasteiger partial charge >= 0.3 is 0 Å². The minimum atomic E-state index is 0.696. The Labute approximate surface area is 97.0 Å². The van der Waals surface area contributed by atoms with E-state index in [-0.39, 0.29) is 0 Å². The Hall–Kier alpha value is -1.31. The topological polar surface area (TPSA) is 15.6 Å². The fraction of sp³-hybridized carbons (Fsp3) is 0.500. The molecule has 0 aliphatic carbocycles. The zero-order valence-electron chi connectivity index (χ0n) is 9.60. The van der Waals surface area contributed by atoms with Crippen LogP contribution in [0, 0.1) is 0 Å². The average molecular weight is 214 g/mol. The Balaban J connectivity index is 1.73. The summed E-state index contributed by atoms with van der Waals surface area (Å²) in [5.41, 5.74) is 1.46. The van der Waals surface area contributed by atoms with Crippen molar-refractivity contribution in [1.29, 1.82) is 0 Å². The molecule has 1 saturated heterocycles. The van der Waals surface area contributed by atoms with E-state index in [9.17, 15) is 0 Å². The summed E-state index contributed by atoms with van der Waals surface area (Å²) in [6.45, 7) is 2.26. The van der Waals surface area contributed by atoms with Crippen LogP contribution in [0.25, 0.3) is 0 Å². The Morgan fingerprint density at radius 3 is 3.00 bits per heavy atom. The summed E-state index contributed by atoms with van der Waals surface area (Å²) < 4.78 is 0. The second kappa shape index (κ2) is 4.28. The molecule has 0 N–H and O–H groups in total. The quantitative estimate of drug-likeness (QED) is 0.738. The Morgan fingerprint density at radius 1 is 1.25 bits per heavy atom. The summed E-state index contributed by atoms with van der Waals surface area (Å²) in [6, 6.07) is 11.5. The maximum Gasteiger partial charge on any atom is 0.0992 e. The van der Waals surface area contributed by atoms with Crippen molar-refractivity contribution in [2.45, 2.75) is 31.7 Å². The summed E-state index contributed by atoms with van der Waals surface area (Å²) in [6.07, 6.45) is 4.89. The molecule has 2 nitrogen and oxygen atoms in total. The molecule has 3 rings (SSSR count). The lowest BCUT2D eigenvalue weighted by molar-refractivity contribution is 0.320. The molecule has 0 radical (unpaired) electrons. The van der Waals surface area contributed by atoms with Gasteiger partial charge in [0, 0.05) is 25.6 Å². The van der Waals surface area contributed by atoms with Crippen molar-refractivity contribution in [3.8, 4) is 0 Å². The number of hydrogen-bond acceptors (Lipinski definition) is 2. The van der Waals surface area contributed by atoms with Crippen molar-refractivity contribution >= 4 is 5.84 Å². The molecule has 2 heterocycles. The zero-order chi connectivity index (χ0) is 10.8. The lowest BCUT2D eigenvalue weighted by Crippen LogP contribution is -2.38. The summed E-state index contributed by atoms with van der Waals surface area (Å²) in [4.78, 5) is 7.16. The average Bonchev–Trinajstić information content (AvgIpc) is 2.74. The van der Waals surface area contributed by atoms with Crippen LogP contribution in [0.4, 0.5) is 0 Å². The predicted octanol–water partition coefficient (Wildman–Crippen LogP) is 2.50. The van der Waals surface area contributed by atoms with Crippen LogP contribution < -0.4 is 0 Å². The van der Waals surface area contributed by atoms with Gasteiger partial charge < -0.3 is 4.90 Å². The monoisotopic (exact) mass is 214 g/mol. The minimum Gasteiger partial charge on any atom is -0.357 e. The van der Waals surface area contributed by atoms with Gasteiger partial charge in [-0.05, 0) is 24.8 Å². The molecule has 0 aromatic heterocycles. The third-order valence-corrected chi connectivity index (χ3v) is 3.64. The second-order valence-corrected chi connectivity index (χ2v) is 4.73. The minimum absolute atomic E-state index is 0.696. The van der Waals surface area contributed by atoms with E-state index in [1.807, 2.05) is 0 Å². The van der Waals surface area contributed by atoms with Crippen LogP contribution in [-0.2, 0) is 6.42 Å². The van der Waals surface area contributed by atoms with Gasteiger partial charge in [0.25, 0.3) is 0 Å². The predicted molar refractivity (Wildman–Crippen MR) is 66.8 cm³/mol. The van der Waals surface area contributed by atoms with Gasteiger partial charge in [-0.2, -0.15) is 0 Å². The maximum atomic E-state index is 4.63. The molecule has 1 aromatic rings. The highest BCUT2D eigenvalue weighted by molar-refractivity contribution is 5.85. The first-order valence-electron chi connectivity index (χ1n) is 6.27. The largest absolute Gasteiger partial charge is 0.357 e. The van der Waals surface area contributed by atoms with Gasteiger partial charge in [-0.15, -0.1) is 0 Å². The van der Waals surface area contributed by atoms with Crippen molar-refractivity contribution in [1.82, 2.24) is 4.90 Å². The van der Waals surface area contributed by atoms with Gasteiger partial charge in [0.2, 0.25) is 0 Å². The zero-order valence-corrected chi connectivity index (χ0v) is 9.60. The third-order valence-electron chi connectivity index (χ3n) is 3.64. The number of benzene rings is 1. The molecule has 2 heteroatoms. The van der Waals surface area contributed by atoms with Gasteiger partial charge in [0.15, 0.2) is 0 Å². The Bertz CT molecular complexity index is 383. The lowest BCUT2D eigenvalue weighted by Gasteiger charge is -2.29. The maximum absolute atomic E-state index is 4.63. The first kappa shape index (κ1) is 9.88. The molecule has 1 fully saturated rings. The number of aliphatic imine (C=N–C) groups is 1. The number of rotatable bonds is 2. The van der Waals surface area contributed by atoms with E-state index in [1.54, 1.807) is 0 Å². The van der Waals surface area contributed by atoms with Gasteiger partial charge in [-0.1, -0.05) is 30.3 Å². The molecule has 1 aromatic carbocycles. The first-order chi connectivity index (χ1) is 7.93. The van der Waals surface area contributed by atoms with Crippen molar-refractivity contribution in [3.63, 3.8) is 0 Å². The van der Waals surface area contributed by atoms with Crippen LogP contribution in [-0.4, -0.2) is 29.9 Å². The number of nitrogens with zero attached hydrogens (tertiary/aromatic N) is 2. The summed E-state index contributed by atoms with van der Waals surface area (Å²) in [5, 5.41) is 0. The van der Waals surface area contributed by atoms with Crippen LogP contribution >= 0.6 is 0 Å². The van der Waals surface area contributed by atoms with Crippen LogP contribution in [0.2, 0.25) is 0 Å². The van der Waals surface area contributed by atoms with Crippen LogP contribution in [0.1, 0.15) is 24.8 Å². The van der Waals surface area contributed by atoms with E-state index in [4.69, 9.17) is 0 Å². The van der Waals surface area contributed by atoms with Crippen LogP contribution in [0.15, 0.2) is 35.3 Å². The molecule has 84 valence electrons. The van der Waals surface area contributed by atoms with Crippen LogP contribution in [0.5, 0.6) is 0 Å². The fourth-order valence-corrected chi connectivity index (χ4v) is 2.84. The van der Waals surface area contributed by atoms with E-state index in [0.717, 1.165) is 6.54 Å². The molecule has 0 saturated carbocycles. The van der Waals surface area contributed by atoms with E-state index in [1.165, 1.54) is 43.6 Å². The fourth-order valence-electron chi connectivity index (χ4n) is 2.84. The highest BCUT2D eigenvalue weighted by Gasteiger charge is 2.30. The van der Waals surface area contributed by atoms with Crippen molar-refractivity contribution in [2.75, 3.05) is 13.1 Å². The highest BCUT2D eigenvalue weighted by atomic mass is 15.2. The first-order valence-corrected chi connectivity index (χ1v) is 6.27. The molecule has 2 aliphatic heterocycles. The van der Waals surface area contributed by atoms with Gasteiger partial charge in [-0.25, -0.2) is 0 Å². The third kappa shape index (κ3) is 1.84. The van der Waals surface area contributed by atoms with E-state index in [0.29, 0.717) is 6.04 Å². The summed E-state index contributed by atoms with van der Waals surface area (Å²) in [5.74, 6) is 1.37. The SMILES string of the molecule is c1ccc(CC2CCC3=NCCCN32)cc1. The van der Waals surface area contributed by atoms with Crippen molar-refractivity contribution in [2.24, 2.45) is 4.99 Å². The second-order valence-electron chi connectivity index (χ2n) is 4.73. The Morgan fingerprint density at radius 2 is 2.12 bits per heavy atom. The summed E-state index contributed by atoms with van der Waals surface area (Å²) in [7, 11) is 0. The van der Waals surface area contributed by atoms with Crippen molar-refractivity contribution < 1.29 is 0 Å². The Kier molecular flexibility index (Phi) is 2.65. The summed E-state index contributed by atoms with van der Waals surface area (Å²) >= 11 is 0. The molecule has 0 bridgehead atoms. The van der Waals surface area contributed by atoms with Gasteiger partial charge in [0.05, 0.1) is 5.84 Å². The number of fused-ring (bicyclic) bond motifs is 1.